The van der Waals surface area contributed by atoms with E-state index in [9.17, 15) is 4.79 Å². The average molecular weight is 287 g/mol. The number of nitrogen functional groups attached to an aromatic ring is 1. The third-order valence-corrected chi connectivity index (χ3v) is 4.61. The standard InChI is InChI=1S/C15H13NO3S/c1-8-12(16)14(15(17)18-2)20-13(8)10-7-19-11-6-4-3-5-9(10)11/h3-7H,16H2,1-2H3. The van der Waals surface area contributed by atoms with Crippen LogP contribution in [0.4, 0.5) is 5.69 Å². The van der Waals surface area contributed by atoms with Gasteiger partial charge in [0.2, 0.25) is 0 Å². The number of methoxy groups -OCH3 is 1. The van der Waals surface area contributed by atoms with Crippen LogP contribution in [0.5, 0.6) is 0 Å². The van der Waals surface area contributed by atoms with Gasteiger partial charge in [-0.1, -0.05) is 18.2 Å². The molecule has 4 nitrogen and oxygen atoms in total. The number of thiophene rings is 1. The lowest BCUT2D eigenvalue weighted by Gasteiger charge is -1.97. The van der Waals surface area contributed by atoms with Gasteiger partial charge in [0, 0.05) is 15.8 Å². The third kappa shape index (κ3) is 1.78. The average Bonchev–Trinajstić information content (AvgIpc) is 3.01. The van der Waals surface area contributed by atoms with Crippen molar-refractivity contribution in [3.8, 4) is 10.4 Å². The van der Waals surface area contributed by atoms with E-state index >= 15 is 0 Å². The van der Waals surface area contributed by atoms with Gasteiger partial charge in [-0.2, -0.15) is 0 Å². The minimum Gasteiger partial charge on any atom is -0.465 e. The van der Waals surface area contributed by atoms with E-state index in [1.165, 1.54) is 18.4 Å². The molecule has 2 heterocycles. The van der Waals surface area contributed by atoms with Gasteiger partial charge in [0.1, 0.15) is 16.7 Å². The van der Waals surface area contributed by atoms with Crippen molar-refractivity contribution in [2.45, 2.75) is 6.92 Å². The molecule has 1 aromatic carbocycles. The van der Waals surface area contributed by atoms with Crippen LogP contribution < -0.4 is 5.73 Å². The maximum Gasteiger partial charge on any atom is 0.350 e. The molecule has 0 aliphatic carbocycles. The zero-order valence-corrected chi connectivity index (χ0v) is 11.9. The van der Waals surface area contributed by atoms with Crippen molar-refractivity contribution in [1.82, 2.24) is 0 Å². The number of ether oxygens (including phenoxy) is 1. The lowest BCUT2D eigenvalue weighted by atomic mass is 10.1. The molecule has 20 heavy (non-hydrogen) atoms. The van der Waals surface area contributed by atoms with Crippen LogP contribution in [0.15, 0.2) is 34.9 Å². The van der Waals surface area contributed by atoms with E-state index in [2.05, 4.69) is 0 Å². The zero-order chi connectivity index (χ0) is 14.3. The molecule has 2 N–H and O–H groups in total. The topological polar surface area (TPSA) is 65.5 Å². The van der Waals surface area contributed by atoms with Crippen LogP contribution in [0.2, 0.25) is 0 Å². The first-order valence-electron chi connectivity index (χ1n) is 6.07. The van der Waals surface area contributed by atoms with Gasteiger partial charge in [-0.05, 0) is 18.6 Å². The summed E-state index contributed by atoms with van der Waals surface area (Å²) in [6.07, 6.45) is 1.70. The van der Waals surface area contributed by atoms with Crippen LogP contribution in [0.3, 0.4) is 0 Å². The van der Waals surface area contributed by atoms with Crippen molar-refractivity contribution < 1.29 is 13.9 Å². The van der Waals surface area contributed by atoms with E-state index in [1.54, 1.807) is 6.26 Å². The number of hydrogen-bond acceptors (Lipinski definition) is 5. The summed E-state index contributed by atoms with van der Waals surface area (Å²) in [4.78, 5) is 13.1. The normalized spacial score (nSPS) is 10.9. The Morgan fingerprint density at radius 2 is 2.10 bits per heavy atom. The first-order valence-corrected chi connectivity index (χ1v) is 6.89. The predicted octanol–water partition coefficient (Wildman–Crippen LogP) is 3.84. The number of hydrogen-bond donors (Lipinski definition) is 1. The van der Waals surface area contributed by atoms with Crippen LogP contribution >= 0.6 is 11.3 Å². The molecule has 102 valence electrons. The highest BCUT2D eigenvalue weighted by molar-refractivity contribution is 7.18. The number of fused-ring (bicyclic) bond motifs is 1. The summed E-state index contributed by atoms with van der Waals surface area (Å²) in [5, 5.41) is 1.01. The Balaban J connectivity index is 2.22. The van der Waals surface area contributed by atoms with Crippen molar-refractivity contribution in [2.75, 3.05) is 12.8 Å². The summed E-state index contributed by atoms with van der Waals surface area (Å²) < 4.78 is 10.3. The molecule has 0 saturated carbocycles. The fourth-order valence-electron chi connectivity index (χ4n) is 2.18. The quantitative estimate of drug-likeness (QED) is 0.727. The molecule has 0 spiro atoms. The summed E-state index contributed by atoms with van der Waals surface area (Å²) >= 11 is 1.33. The summed E-state index contributed by atoms with van der Waals surface area (Å²) in [6.45, 7) is 1.90. The van der Waals surface area contributed by atoms with Crippen LogP contribution in [0, 0.1) is 6.92 Å². The molecule has 3 rings (SSSR count). The van der Waals surface area contributed by atoms with Gasteiger partial charge in [0.15, 0.2) is 0 Å². The Morgan fingerprint density at radius 3 is 2.85 bits per heavy atom. The Labute approximate surface area is 119 Å². The fraction of sp³-hybridized carbons (Fsp3) is 0.133. The highest BCUT2D eigenvalue weighted by Crippen LogP contribution is 2.41. The number of carbonyl (C=O) groups excluding carboxylic acids is 1. The van der Waals surface area contributed by atoms with Gasteiger partial charge in [0.05, 0.1) is 12.8 Å². The van der Waals surface area contributed by atoms with Crippen LogP contribution in [-0.4, -0.2) is 13.1 Å². The molecule has 0 amide bonds. The van der Waals surface area contributed by atoms with Crippen molar-refractivity contribution >= 4 is 34.0 Å². The second-order valence-electron chi connectivity index (χ2n) is 4.44. The third-order valence-electron chi connectivity index (χ3n) is 3.29. The monoisotopic (exact) mass is 287 g/mol. The predicted molar refractivity (Wildman–Crippen MR) is 80.0 cm³/mol. The number of rotatable bonds is 2. The summed E-state index contributed by atoms with van der Waals surface area (Å²) in [5.74, 6) is -0.408. The Morgan fingerprint density at radius 1 is 1.35 bits per heavy atom. The Kier molecular flexibility index (Phi) is 2.99. The van der Waals surface area contributed by atoms with Crippen LogP contribution in [-0.2, 0) is 4.74 Å². The first kappa shape index (κ1) is 12.7. The minimum absolute atomic E-state index is 0.408. The molecule has 0 aliphatic rings. The zero-order valence-electron chi connectivity index (χ0n) is 11.1. The molecule has 0 radical (unpaired) electrons. The molecule has 0 atom stereocenters. The smallest absolute Gasteiger partial charge is 0.350 e. The lowest BCUT2D eigenvalue weighted by Crippen LogP contribution is -2.01. The number of nitrogens with two attached hydrogens (primary N) is 1. The summed E-state index contributed by atoms with van der Waals surface area (Å²) in [7, 11) is 1.35. The molecular formula is C15H13NO3S. The van der Waals surface area contributed by atoms with E-state index in [-0.39, 0.29) is 0 Å². The highest BCUT2D eigenvalue weighted by atomic mass is 32.1. The molecule has 0 unspecified atom stereocenters. The summed E-state index contributed by atoms with van der Waals surface area (Å²) in [6, 6.07) is 7.77. The summed E-state index contributed by atoms with van der Waals surface area (Å²) in [5.41, 5.74) is 9.12. The SMILES string of the molecule is COC(=O)c1sc(-c2coc3ccccc23)c(C)c1N. The molecule has 3 aromatic rings. The number of carbonyl (C=O) groups is 1. The van der Waals surface area contributed by atoms with E-state index in [0.29, 0.717) is 10.6 Å². The number of esters is 1. The van der Waals surface area contributed by atoms with Crippen molar-refractivity contribution in [2.24, 2.45) is 0 Å². The lowest BCUT2D eigenvalue weighted by molar-refractivity contribution is 0.0607. The van der Waals surface area contributed by atoms with Gasteiger partial charge >= 0.3 is 5.97 Å². The van der Waals surface area contributed by atoms with Gasteiger partial charge in [-0.3, -0.25) is 0 Å². The molecule has 0 saturated heterocycles. The van der Waals surface area contributed by atoms with Crippen molar-refractivity contribution in [3.05, 3.63) is 41.0 Å². The van der Waals surface area contributed by atoms with E-state index in [0.717, 1.165) is 27.0 Å². The van der Waals surface area contributed by atoms with Gasteiger partial charge in [-0.25, -0.2) is 4.79 Å². The Bertz CT molecular complexity index is 801. The van der Waals surface area contributed by atoms with E-state index in [4.69, 9.17) is 14.9 Å². The Hall–Kier alpha value is -2.27. The van der Waals surface area contributed by atoms with E-state index < -0.39 is 5.97 Å². The highest BCUT2D eigenvalue weighted by Gasteiger charge is 2.21. The molecule has 5 heteroatoms. The maximum absolute atomic E-state index is 11.7. The molecule has 2 aromatic heterocycles. The fourth-order valence-corrected chi connectivity index (χ4v) is 3.35. The van der Waals surface area contributed by atoms with E-state index in [1.807, 2.05) is 31.2 Å². The minimum atomic E-state index is -0.408. The molecule has 0 aliphatic heterocycles. The number of anilines is 1. The second-order valence-corrected chi connectivity index (χ2v) is 5.46. The number of furan rings is 1. The van der Waals surface area contributed by atoms with Gasteiger partial charge < -0.3 is 14.9 Å². The number of para-hydroxylation sites is 1. The largest absolute Gasteiger partial charge is 0.465 e. The molecular weight excluding hydrogens is 274 g/mol. The van der Waals surface area contributed by atoms with Crippen LogP contribution in [0.1, 0.15) is 15.2 Å². The first-order chi connectivity index (χ1) is 9.63. The molecule has 0 bridgehead atoms. The van der Waals surface area contributed by atoms with Gasteiger partial charge in [-0.15, -0.1) is 11.3 Å². The maximum atomic E-state index is 11.7. The van der Waals surface area contributed by atoms with Crippen LogP contribution in [0.25, 0.3) is 21.4 Å². The van der Waals surface area contributed by atoms with Gasteiger partial charge in [0.25, 0.3) is 0 Å². The van der Waals surface area contributed by atoms with Crippen molar-refractivity contribution in [3.63, 3.8) is 0 Å². The van der Waals surface area contributed by atoms with Crippen molar-refractivity contribution in [1.29, 1.82) is 0 Å². The second kappa shape index (κ2) is 4.68. The number of benzene rings is 1. The molecule has 0 fully saturated rings.